The summed E-state index contributed by atoms with van der Waals surface area (Å²) >= 11 is 3.19. The summed E-state index contributed by atoms with van der Waals surface area (Å²) in [4.78, 5) is 10.7. The minimum absolute atomic E-state index is 0.00396. The Balaban J connectivity index is 3.20. The lowest BCUT2D eigenvalue weighted by Crippen LogP contribution is -2.08. The molecule has 0 saturated carbocycles. The Labute approximate surface area is 84.1 Å². The van der Waals surface area contributed by atoms with Crippen LogP contribution >= 0.6 is 15.9 Å². The third-order valence-electron chi connectivity index (χ3n) is 1.83. The number of halogens is 1. The molecule has 70 valence electrons. The second kappa shape index (κ2) is 3.79. The smallest absolute Gasteiger partial charge is 0.310 e. The van der Waals surface area contributed by atoms with Gasteiger partial charge in [0.2, 0.25) is 0 Å². The van der Waals surface area contributed by atoms with Gasteiger partial charge in [0.25, 0.3) is 0 Å². The fourth-order valence-corrected chi connectivity index (χ4v) is 1.78. The van der Waals surface area contributed by atoms with Crippen LogP contribution in [0.5, 0.6) is 5.75 Å². The first-order chi connectivity index (χ1) is 6.04. The number of hydrogen-bond acceptors (Lipinski definition) is 2. The topological polar surface area (TPSA) is 57.5 Å². The highest BCUT2D eigenvalue weighted by Crippen LogP contribution is 2.32. The summed E-state index contributed by atoms with van der Waals surface area (Å²) in [5, 5.41) is 18.2. The van der Waals surface area contributed by atoms with E-state index >= 15 is 0 Å². The summed E-state index contributed by atoms with van der Waals surface area (Å²) < 4.78 is 0.613. The number of hydrogen-bond donors (Lipinski definition) is 2. The van der Waals surface area contributed by atoms with E-state index in [0.717, 1.165) is 0 Å². The molecule has 1 rings (SSSR count). The standard InChI is InChI=1S/C9H9BrO3/c1-5(9(12)13)8-6(10)3-2-4-7(8)11/h2-5,11H,1H3,(H,12,13). The van der Waals surface area contributed by atoms with Crippen molar-refractivity contribution in [3.63, 3.8) is 0 Å². The Morgan fingerprint density at radius 3 is 2.62 bits per heavy atom. The molecule has 0 fully saturated rings. The maximum absolute atomic E-state index is 10.7. The van der Waals surface area contributed by atoms with Crippen molar-refractivity contribution in [2.45, 2.75) is 12.8 Å². The lowest BCUT2D eigenvalue weighted by atomic mass is 10.0. The highest BCUT2D eigenvalue weighted by molar-refractivity contribution is 9.10. The molecular weight excluding hydrogens is 236 g/mol. The Kier molecular flexibility index (Phi) is 2.93. The Morgan fingerprint density at radius 2 is 2.15 bits per heavy atom. The maximum atomic E-state index is 10.7. The number of carboxylic acid groups (broad SMARTS) is 1. The molecule has 0 aliphatic heterocycles. The maximum Gasteiger partial charge on any atom is 0.310 e. The van der Waals surface area contributed by atoms with Gasteiger partial charge < -0.3 is 10.2 Å². The molecular formula is C9H9BrO3. The monoisotopic (exact) mass is 244 g/mol. The van der Waals surface area contributed by atoms with Gasteiger partial charge in [0.05, 0.1) is 5.92 Å². The van der Waals surface area contributed by atoms with E-state index < -0.39 is 11.9 Å². The molecule has 0 heterocycles. The Bertz CT molecular complexity index is 315. The predicted octanol–water partition coefficient (Wildman–Crippen LogP) is 2.34. The van der Waals surface area contributed by atoms with E-state index in [1.165, 1.54) is 13.0 Å². The van der Waals surface area contributed by atoms with E-state index in [1.807, 2.05) is 0 Å². The predicted molar refractivity (Wildman–Crippen MR) is 51.9 cm³/mol. The van der Waals surface area contributed by atoms with Crippen molar-refractivity contribution in [2.24, 2.45) is 0 Å². The zero-order valence-corrected chi connectivity index (χ0v) is 8.58. The van der Waals surface area contributed by atoms with Crippen LogP contribution in [0.4, 0.5) is 0 Å². The number of carbonyl (C=O) groups is 1. The molecule has 1 unspecified atom stereocenters. The van der Waals surface area contributed by atoms with Crippen molar-refractivity contribution < 1.29 is 15.0 Å². The number of benzene rings is 1. The van der Waals surface area contributed by atoms with Crippen LogP contribution in [0.2, 0.25) is 0 Å². The van der Waals surface area contributed by atoms with Crippen LogP contribution in [0, 0.1) is 0 Å². The van der Waals surface area contributed by atoms with Gasteiger partial charge in [-0.1, -0.05) is 22.0 Å². The van der Waals surface area contributed by atoms with Crippen LogP contribution in [0.3, 0.4) is 0 Å². The molecule has 0 bridgehead atoms. The lowest BCUT2D eigenvalue weighted by molar-refractivity contribution is -0.138. The molecule has 2 N–H and O–H groups in total. The summed E-state index contributed by atoms with van der Waals surface area (Å²) in [6.45, 7) is 1.53. The van der Waals surface area contributed by atoms with Gasteiger partial charge in [-0.3, -0.25) is 4.79 Å². The van der Waals surface area contributed by atoms with Crippen molar-refractivity contribution in [1.82, 2.24) is 0 Å². The SMILES string of the molecule is CC(C(=O)O)c1c(O)cccc1Br. The summed E-state index contributed by atoms with van der Waals surface area (Å²) in [7, 11) is 0. The second-order valence-electron chi connectivity index (χ2n) is 2.73. The quantitative estimate of drug-likeness (QED) is 0.840. The largest absolute Gasteiger partial charge is 0.508 e. The summed E-state index contributed by atoms with van der Waals surface area (Å²) in [6, 6.07) is 4.82. The number of phenols is 1. The number of phenolic OH excluding ortho intramolecular Hbond substituents is 1. The molecule has 0 aliphatic carbocycles. The van der Waals surface area contributed by atoms with Crippen LogP contribution in [-0.4, -0.2) is 16.2 Å². The number of carboxylic acids is 1. The number of rotatable bonds is 2. The molecule has 1 aromatic rings. The fourth-order valence-electron chi connectivity index (χ4n) is 1.08. The highest BCUT2D eigenvalue weighted by atomic mass is 79.9. The third kappa shape index (κ3) is 2.01. The van der Waals surface area contributed by atoms with Crippen molar-refractivity contribution >= 4 is 21.9 Å². The minimum atomic E-state index is -0.956. The zero-order chi connectivity index (χ0) is 10.0. The van der Waals surface area contributed by atoms with E-state index in [4.69, 9.17) is 5.11 Å². The zero-order valence-electron chi connectivity index (χ0n) is 6.99. The average Bonchev–Trinajstić information content (AvgIpc) is 2.03. The normalized spacial score (nSPS) is 12.5. The van der Waals surface area contributed by atoms with E-state index in [1.54, 1.807) is 12.1 Å². The fraction of sp³-hybridized carbons (Fsp3) is 0.222. The van der Waals surface area contributed by atoms with Gasteiger partial charge in [0.1, 0.15) is 5.75 Å². The van der Waals surface area contributed by atoms with Crippen LogP contribution in [-0.2, 0) is 4.79 Å². The van der Waals surface area contributed by atoms with Gasteiger partial charge in [-0.25, -0.2) is 0 Å². The first kappa shape index (κ1) is 10.1. The van der Waals surface area contributed by atoms with E-state index in [0.29, 0.717) is 10.0 Å². The Morgan fingerprint density at radius 1 is 1.54 bits per heavy atom. The van der Waals surface area contributed by atoms with Crippen LogP contribution < -0.4 is 0 Å². The molecule has 1 atom stereocenters. The van der Waals surface area contributed by atoms with Gasteiger partial charge in [-0.05, 0) is 19.1 Å². The molecule has 13 heavy (non-hydrogen) atoms. The molecule has 0 aliphatic rings. The molecule has 0 radical (unpaired) electrons. The highest BCUT2D eigenvalue weighted by Gasteiger charge is 2.19. The Hall–Kier alpha value is -1.03. The lowest BCUT2D eigenvalue weighted by Gasteiger charge is -2.10. The molecule has 0 saturated heterocycles. The van der Waals surface area contributed by atoms with Crippen molar-refractivity contribution in [3.8, 4) is 5.75 Å². The van der Waals surface area contributed by atoms with Crippen molar-refractivity contribution in [3.05, 3.63) is 28.2 Å². The first-order valence-corrected chi connectivity index (χ1v) is 4.53. The number of aromatic hydroxyl groups is 1. The molecule has 0 amide bonds. The summed E-state index contributed by atoms with van der Waals surface area (Å²) in [5.74, 6) is -1.66. The molecule has 1 aromatic carbocycles. The van der Waals surface area contributed by atoms with Gasteiger partial charge in [-0.15, -0.1) is 0 Å². The second-order valence-corrected chi connectivity index (χ2v) is 3.59. The van der Waals surface area contributed by atoms with Crippen molar-refractivity contribution in [1.29, 1.82) is 0 Å². The summed E-state index contributed by atoms with van der Waals surface area (Å²) in [6.07, 6.45) is 0. The summed E-state index contributed by atoms with van der Waals surface area (Å²) in [5.41, 5.74) is 0.412. The van der Waals surface area contributed by atoms with Crippen LogP contribution in [0.1, 0.15) is 18.4 Å². The van der Waals surface area contributed by atoms with Gasteiger partial charge in [0, 0.05) is 10.0 Å². The first-order valence-electron chi connectivity index (χ1n) is 3.74. The molecule has 0 aromatic heterocycles. The van der Waals surface area contributed by atoms with E-state index in [-0.39, 0.29) is 5.75 Å². The van der Waals surface area contributed by atoms with Gasteiger partial charge in [0.15, 0.2) is 0 Å². The van der Waals surface area contributed by atoms with Gasteiger partial charge >= 0.3 is 5.97 Å². The average molecular weight is 245 g/mol. The van der Waals surface area contributed by atoms with Crippen LogP contribution in [0.15, 0.2) is 22.7 Å². The van der Waals surface area contributed by atoms with Gasteiger partial charge in [-0.2, -0.15) is 0 Å². The van der Waals surface area contributed by atoms with E-state index in [9.17, 15) is 9.90 Å². The molecule has 3 nitrogen and oxygen atoms in total. The molecule has 0 spiro atoms. The van der Waals surface area contributed by atoms with E-state index in [2.05, 4.69) is 15.9 Å². The van der Waals surface area contributed by atoms with Crippen LogP contribution in [0.25, 0.3) is 0 Å². The number of aliphatic carboxylic acids is 1. The minimum Gasteiger partial charge on any atom is -0.508 e. The third-order valence-corrected chi connectivity index (χ3v) is 2.52. The molecule has 4 heteroatoms. The van der Waals surface area contributed by atoms with Crippen molar-refractivity contribution in [2.75, 3.05) is 0 Å².